The summed E-state index contributed by atoms with van der Waals surface area (Å²) in [6.07, 6.45) is 1.37. The van der Waals surface area contributed by atoms with E-state index in [1.54, 1.807) is 6.92 Å². The Morgan fingerprint density at radius 3 is 2.88 bits per heavy atom. The van der Waals surface area contributed by atoms with Crippen LogP contribution in [0.25, 0.3) is 0 Å². The van der Waals surface area contributed by atoms with Crippen LogP contribution < -0.4 is 10.5 Å². The summed E-state index contributed by atoms with van der Waals surface area (Å²) in [6, 6.07) is 2.74. The van der Waals surface area contributed by atoms with Crippen LogP contribution in [0, 0.1) is 0 Å². The van der Waals surface area contributed by atoms with Gasteiger partial charge in [0, 0.05) is 6.20 Å². The highest BCUT2D eigenvalue weighted by molar-refractivity contribution is 7.89. The summed E-state index contributed by atoms with van der Waals surface area (Å²) in [6.45, 7) is 1.38. The van der Waals surface area contributed by atoms with Crippen molar-refractivity contribution >= 4 is 21.8 Å². The van der Waals surface area contributed by atoms with Crippen molar-refractivity contribution in [3.8, 4) is 0 Å². The van der Waals surface area contributed by atoms with Gasteiger partial charge < -0.3 is 10.5 Å². The van der Waals surface area contributed by atoms with Crippen LogP contribution in [0.3, 0.4) is 0 Å². The topological polar surface area (TPSA) is 111 Å². The van der Waals surface area contributed by atoms with Gasteiger partial charge in [-0.2, -0.15) is 4.72 Å². The molecule has 1 rings (SSSR count). The van der Waals surface area contributed by atoms with E-state index in [1.807, 2.05) is 0 Å². The minimum Gasteiger partial charge on any atom is -0.465 e. The number of nitrogens with one attached hydrogen (secondary N) is 1. The molecule has 0 aliphatic carbocycles. The van der Waals surface area contributed by atoms with Crippen molar-refractivity contribution in [1.29, 1.82) is 0 Å². The lowest BCUT2D eigenvalue weighted by Crippen LogP contribution is -2.31. The van der Waals surface area contributed by atoms with Crippen LogP contribution in [-0.2, 0) is 19.6 Å². The number of pyridine rings is 1. The number of esters is 1. The average Bonchev–Trinajstić information content (AvgIpc) is 2.27. The first-order valence-corrected chi connectivity index (χ1v) is 6.31. The fraction of sp³-hybridized carbons (Fsp3) is 0.333. The van der Waals surface area contributed by atoms with Crippen LogP contribution in [0.1, 0.15) is 6.92 Å². The van der Waals surface area contributed by atoms with Crippen molar-refractivity contribution in [2.45, 2.75) is 11.8 Å². The normalized spacial score (nSPS) is 11.1. The molecule has 0 amide bonds. The quantitative estimate of drug-likeness (QED) is 0.690. The summed E-state index contributed by atoms with van der Waals surface area (Å²) >= 11 is 0. The lowest BCUT2D eigenvalue weighted by Gasteiger charge is -2.07. The first kappa shape index (κ1) is 13.4. The molecule has 1 aromatic heterocycles. The number of carbonyl (C=O) groups is 1. The molecular formula is C9H13N3O4S. The number of carbonyl (C=O) groups excluding carboxylic acids is 1. The van der Waals surface area contributed by atoms with Crippen molar-refractivity contribution in [2.24, 2.45) is 0 Å². The van der Waals surface area contributed by atoms with Gasteiger partial charge in [0.2, 0.25) is 10.0 Å². The first-order chi connectivity index (χ1) is 7.97. The molecule has 0 aromatic carbocycles. The Balaban J connectivity index is 2.77. The van der Waals surface area contributed by atoms with Crippen LogP contribution in [-0.4, -0.2) is 32.5 Å². The van der Waals surface area contributed by atoms with Gasteiger partial charge in [-0.1, -0.05) is 0 Å². The minimum absolute atomic E-state index is 0.121. The Bertz CT molecular complexity index is 501. The van der Waals surface area contributed by atoms with Crippen molar-refractivity contribution in [1.82, 2.24) is 9.71 Å². The standard InChI is InChI=1S/C9H13N3O4S/c1-2-16-8(13)6-12-17(14,15)7-4-3-5-11-9(7)10/h3-5,12H,2,6H2,1H3,(H2,10,11). The van der Waals surface area contributed by atoms with E-state index < -0.39 is 22.5 Å². The van der Waals surface area contributed by atoms with Gasteiger partial charge in [-0.25, -0.2) is 13.4 Å². The average molecular weight is 259 g/mol. The van der Waals surface area contributed by atoms with Gasteiger partial charge in [-0.15, -0.1) is 0 Å². The molecule has 0 fully saturated rings. The van der Waals surface area contributed by atoms with Crippen LogP contribution in [0.4, 0.5) is 5.82 Å². The number of hydrogen-bond acceptors (Lipinski definition) is 6. The Hall–Kier alpha value is -1.67. The van der Waals surface area contributed by atoms with Crippen molar-refractivity contribution < 1.29 is 17.9 Å². The third-order valence-corrected chi connectivity index (χ3v) is 3.25. The summed E-state index contributed by atoms with van der Waals surface area (Å²) in [7, 11) is -3.84. The largest absolute Gasteiger partial charge is 0.465 e. The molecule has 8 heteroatoms. The predicted octanol–water partition coefficient (Wildman–Crippen LogP) is -0.495. The Morgan fingerprint density at radius 2 is 2.29 bits per heavy atom. The molecule has 0 radical (unpaired) electrons. The number of nitrogen functional groups attached to an aromatic ring is 1. The Morgan fingerprint density at radius 1 is 1.59 bits per heavy atom. The molecule has 7 nitrogen and oxygen atoms in total. The van der Waals surface area contributed by atoms with Gasteiger partial charge in [0.25, 0.3) is 0 Å². The number of hydrogen-bond donors (Lipinski definition) is 2. The fourth-order valence-corrected chi connectivity index (χ4v) is 2.12. The summed E-state index contributed by atoms with van der Waals surface area (Å²) in [5.41, 5.74) is 5.43. The molecular weight excluding hydrogens is 246 g/mol. The first-order valence-electron chi connectivity index (χ1n) is 4.83. The van der Waals surface area contributed by atoms with E-state index in [-0.39, 0.29) is 17.3 Å². The van der Waals surface area contributed by atoms with E-state index >= 15 is 0 Å². The zero-order valence-corrected chi connectivity index (χ0v) is 10.0. The molecule has 1 aromatic rings. The maximum absolute atomic E-state index is 11.7. The third kappa shape index (κ3) is 3.68. The second kappa shape index (κ2) is 5.60. The molecule has 0 unspecified atom stereocenters. The van der Waals surface area contributed by atoms with Crippen LogP contribution >= 0.6 is 0 Å². The molecule has 0 saturated heterocycles. The number of aromatic nitrogens is 1. The van der Waals surface area contributed by atoms with Gasteiger partial charge in [0.05, 0.1) is 6.61 Å². The fourth-order valence-electron chi connectivity index (χ4n) is 1.07. The number of nitrogens with two attached hydrogens (primary N) is 1. The van der Waals surface area contributed by atoms with Gasteiger partial charge in [-0.05, 0) is 19.1 Å². The van der Waals surface area contributed by atoms with Crippen molar-refractivity contribution in [3.05, 3.63) is 18.3 Å². The molecule has 0 saturated carbocycles. The highest BCUT2D eigenvalue weighted by Gasteiger charge is 2.18. The number of sulfonamides is 1. The summed E-state index contributed by atoms with van der Waals surface area (Å²) in [5.74, 6) is -0.776. The van der Waals surface area contributed by atoms with Crippen molar-refractivity contribution in [2.75, 3.05) is 18.9 Å². The van der Waals surface area contributed by atoms with Gasteiger partial charge >= 0.3 is 5.97 Å². The second-order valence-corrected chi connectivity index (χ2v) is 4.75. The summed E-state index contributed by atoms with van der Waals surface area (Å²) < 4.78 is 30.1. The number of rotatable bonds is 5. The second-order valence-electron chi connectivity index (χ2n) is 3.02. The predicted molar refractivity (Wildman–Crippen MR) is 60.5 cm³/mol. The SMILES string of the molecule is CCOC(=O)CNS(=O)(=O)c1cccnc1N. The van der Waals surface area contributed by atoms with E-state index in [2.05, 4.69) is 14.4 Å². The van der Waals surface area contributed by atoms with Crippen LogP contribution in [0.15, 0.2) is 23.2 Å². The molecule has 0 bridgehead atoms. The van der Waals surface area contributed by atoms with Crippen molar-refractivity contribution in [3.63, 3.8) is 0 Å². The zero-order chi connectivity index (χ0) is 12.9. The minimum atomic E-state index is -3.84. The van der Waals surface area contributed by atoms with E-state index in [1.165, 1.54) is 18.3 Å². The lowest BCUT2D eigenvalue weighted by atomic mass is 10.5. The Labute approximate surface area is 99.0 Å². The van der Waals surface area contributed by atoms with E-state index in [0.29, 0.717) is 0 Å². The maximum Gasteiger partial charge on any atom is 0.321 e. The molecule has 17 heavy (non-hydrogen) atoms. The summed E-state index contributed by atoms with van der Waals surface area (Å²) in [5, 5.41) is 0. The third-order valence-electron chi connectivity index (χ3n) is 1.80. The summed E-state index contributed by atoms with van der Waals surface area (Å²) in [4.78, 5) is 14.5. The monoisotopic (exact) mass is 259 g/mol. The maximum atomic E-state index is 11.7. The van der Waals surface area contributed by atoms with Gasteiger partial charge in [0.15, 0.2) is 0 Å². The van der Waals surface area contributed by atoms with Gasteiger partial charge in [0.1, 0.15) is 17.3 Å². The molecule has 94 valence electrons. The smallest absolute Gasteiger partial charge is 0.321 e. The van der Waals surface area contributed by atoms with E-state index in [0.717, 1.165) is 0 Å². The van der Waals surface area contributed by atoms with Gasteiger partial charge in [-0.3, -0.25) is 4.79 Å². The molecule has 0 atom stereocenters. The van der Waals surface area contributed by atoms with Crippen LogP contribution in [0.2, 0.25) is 0 Å². The van der Waals surface area contributed by atoms with E-state index in [9.17, 15) is 13.2 Å². The Kier molecular flexibility index (Phi) is 4.41. The number of nitrogens with zero attached hydrogens (tertiary/aromatic N) is 1. The molecule has 0 aliphatic rings. The molecule has 3 N–H and O–H groups in total. The van der Waals surface area contributed by atoms with E-state index in [4.69, 9.17) is 5.73 Å². The zero-order valence-electron chi connectivity index (χ0n) is 9.21. The molecule has 0 spiro atoms. The number of anilines is 1. The highest BCUT2D eigenvalue weighted by atomic mass is 32.2. The highest BCUT2D eigenvalue weighted by Crippen LogP contribution is 2.13. The number of ether oxygens (including phenoxy) is 1. The molecule has 0 aliphatic heterocycles. The van der Waals surface area contributed by atoms with Crippen LogP contribution in [0.5, 0.6) is 0 Å². The molecule has 1 heterocycles. The lowest BCUT2D eigenvalue weighted by molar-refractivity contribution is -0.141.